The number of aliphatic hydroxyl groups excluding tert-OH is 1. The van der Waals surface area contributed by atoms with Gasteiger partial charge in [0.15, 0.2) is 0 Å². The number of hydrogen-bond donors (Lipinski definition) is 2. The van der Waals surface area contributed by atoms with E-state index >= 15 is 0 Å². The van der Waals surface area contributed by atoms with Crippen molar-refractivity contribution < 1.29 is 14.3 Å². The van der Waals surface area contributed by atoms with E-state index in [-0.39, 0.29) is 12.5 Å². The van der Waals surface area contributed by atoms with Crippen LogP contribution in [0.5, 0.6) is 0 Å². The summed E-state index contributed by atoms with van der Waals surface area (Å²) in [6, 6.07) is 1.88. The number of carbonyl (C=O) groups is 1. The highest BCUT2D eigenvalue weighted by atomic mass is 32.1. The van der Waals surface area contributed by atoms with Crippen LogP contribution in [0.4, 0.5) is 0 Å². The standard InChI is InChI=1S/C16H17NO3S/c1-10-11(2)20-12(3)15(10)16(19)17-9-14-13(5-4-7-18)6-8-21-14/h6,8,18H,7,9H2,1-3H3,(H,17,19). The van der Waals surface area contributed by atoms with Gasteiger partial charge in [0.25, 0.3) is 5.91 Å². The number of aryl methyl sites for hydroxylation is 2. The third-order valence-corrected chi connectivity index (χ3v) is 4.17. The molecule has 110 valence electrons. The van der Waals surface area contributed by atoms with Gasteiger partial charge in [-0.25, -0.2) is 0 Å². The molecular formula is C16H17NO3S. The zero-order valence-corrected chi connectivity index (χ0v) is 13.1. The normalized spacial score (nSPS) is 10.1. The average molecular weight is 303 g/mol. The number of thiophene rings is 1. The van der Waals surface area contributed by atoms with Crippen molar-refractivity contribution in [3.63, 3.8) is 0 Å². The van der Waals surface area contributed by atoms with E-state index in [9.17, 15) is 4.79 Å². The fourth-order valence-corrected chi connectivity index (χ4v) is 2.87. The second-order valence-corrected chi connectivity index (χ2v) is 5.62. The van der Waals surface area contributed by atoms with Crippen LogP contribution in [-0.2, 0) is 6.54 Å². The topological polar surface area (TPSA) is 62.5 Å². The van der Waals surface area contributed by atoms with E-state index in [1.54, 1.807) is 6.92 Å². The van der Waals surface area contributed by atoms with Gasteiger partial charge < -0.3 is 14.8 Å². The highest BCUT2D eigenvalue weighted by molar-refractivity contribution is 7.10. The van der Waals surface area contributed by atoms with E-state index in [2.05, 4.69) is 17.2 Å². The van der Waals surface area contributed by atoms with Crippen molar-refractivity contribution in [2.45, 2.75) is 27.3 Å². The third kappa shape index (κ3) is 3.35. The van der Waals surface area contributed by atoms with Gasteiger partial charge in [0.2, 0.25) is 0 Å². The van der Waals surface area contributed by atoms with Crippen molar-refractivity contribution in [1.82, 2.24) is 5.32 Å². The monoisotopic (exact) mass is 303 g/mol. The molecule has 0 aromatic carbocycles. The van der Waals surface area contributed by atoms with Crippen LogP contribution in [0.15, 0.2) is 15.9 Å². The summed E-state index contributed by atoms with van der Waals surface area (Å²) < 4.78 is 5.47. The number of hydrogen-bond acceptors (Lipinski definition) is 4. The molecule has 0 bridgehead atoms. The summed E-state index contributed by atoms with van der Waals surface area (Å²) in [6.45, 7) is 5.76. The Labute approximate surface area is 127 Å². The van der Waals surface area contributed by atoms with Crippen molar-refractivity contribution in [3.05, 3.63) is 44.5 Å². The summed E-state index contributed by atoms with van der Waals surface area (Å²) in [7, 11) is 0. The molecule has 2 rings (SSSR count). The van der Waals surface area contributed by atoms with Crippen molar-refractivity contribution in [2.75, 3.05) is 6.61 Å². The minimum Gasteiger partial charge on any atom is -0.466 e. The molecule has 0 spiro atoms. The molecular weight excluding hydrogens is 286 g/mol. The average Bonchev–Trinajstić information content (AvgIpc) is 2.99. The lowest BCUT2D eigenvalue weighted by molar-refractivity contribution is 0.0949. The fourth-order valence-electron chi connectivity index (χ4n) is 2.10. The van der Waals surface area contributed by atoms with Crippen molar-refractivity contribution in [3.8, 4) is 11.8 Å². The van der Waals surface area contributed by atoms with Crippen molar-refractivity contribution >= 4 is 17.2 Å². The van der Waals surface area contributed by atoms with Crippen LogP contribution >= 0.6 is 11.3 Å². The summed E-state index contributed by atoms with van der Waals surface area (Å²) in [4.78, 5) is 13.2. The number of amides is 1. The van der Waals surface area contributed by atoms with Gasteiger partial charge in [-0.2, -0.15) is 0 Å². The van der Waals surface area contributed by atoms with Crippen LogP contribution in [0.25, 0.3) is 0 Å². The summed E-state index contributed by atoms with van der Waals surface area (Å²) in [6.07, 6.45) is 0. The minimum atomic E-state index is -0.172. The van der Waals surface area contributed by atoms with E-state index in [0.29, 0.717) is 17.9 Å². The highest BCUT2D eigenvalue weighted by Crippen LogP contribution is 2.21. The zero-order valence-electron chi connectivity index (χ0n) is 12.2. The van der Waals surface area contributed by atoms with E-state index in [1.807, 2.05) is 25.3 Å². The first-order valence-electron chi connectivity index (χ1n) is 6.55. The van der Waals surface area contributed by atoms with Crippen LogP contribution in [0.2, 0.25) is 0 Å². The molecule has 5 heteroatoms. The summed E-state index contributed by atoms with van der Waals surface area (Å²) in [5.41, 5.74) is 2.31. The zero-order chi connectivity index (χ0) is 15.4. The molecule has 2 aromatic heterocycles. The Morgan fingerprint density at radius 2 is 2.14 bits per heavy atom. The smallest absolute Gasteiger partial charge is 0.255 e. The number of rotatable bonds is 3. The minimum absolute atomic E-state index is 0.142. The molecule has 4 nitrogen and oxygen atoms in total. The number of nitrogens with one attached hydrogen (secondary N) is 1. The van der Waals surface area contributed by atoms with Crippen LogP contribution in [0, 0.1) is 32.6 Å². The van der Waals surface area contributed by atoms with Crippen LogP contribution in [0.3, 0.4) is 0 Å². The number of carbonyl (C=O) groups excluding carboxylic acids is 1. The third-order valence-electron chi connectivity index (χ3n) is 3.25. The Kier molecular flexibility index (Phi) is 4.84. The molecule has 2 N–H and O–H groups in total. The lowest BCUT2D eigenvalue weighted by Gasteiger charge is -2.04. The quantitative estimate of drug-likeness (QED) is 0.857. The molecule has 0 saturated carbocycles. The van der Waals surface area contributed by atoms with Gasteiger partial charge in [0.1, 0.15) is 18.1 Å². The van der Waals surface area contributed by atoms with Crippen molar-refractivity contribution in [2.24, 2.45) is 0 Å². The van der Waals surface area contributed by atoms with Crippen LogP contribution in [-0.4, -0.2) is 17.6 Å². The van der Waals surface area contributed by atoms with Gasteiger partial charge in [0, 0.05) is 16.0 Å². The maximum atomic E-state index is 12.3. The van der Waals surface area contributed by atoms with Gasteiger partial charge in [-0.3, -0.25) is 4.79 Å². The SMILES string of the molecule is Cc1oc(C)c(C(=O)NCc2sccc2C#CCO)c1C. The molecule has 0 atom stereocenters. The Bertz CT molecular complexity index is 716. The molecule has 0 aliphatic heterocycles. The first-order valence-corrected chi connectivity index (χ1v) is 7.43. The predicted octanol–water partition coefficient (Wildman–Crippen LogP) is 2.54. The summed E-state index contributed by atoms with van der Waals surface area (Å²) >= 11 is 1.53. The van der Waals surface area contributed by atoms with Gasteiger partial charge >= 0.3 is 0 Å². The Morgan fingerprint density at radius 3 is 2.76 bits per heavy atom. The number of furan rings is 1. The molecule has 1 amide bonds. The first-order chi connectivity index (χ1) is 10.0. The second-order valence-electron chi connectivity index (χ2n) is 4.61. The lowest BCUT2D eigenvalue weighted by atomic mass is 10.1. The summed E-state index contributed by atoms with van der Waals surface area (Å²) in [5, 5.41) is 13.5. The Balaban J connectivity index is 2.10. The van der Waals surface area contributed by atoms with Gasteiger partial charge in [-0.1, -0.05) is 11.8 Å². The lowest BCUT2D eigenvalue weighted by Crippen LogP contribution is -2.23. The van der Waals surface area contributed by atoms with E-state index in [4.69, 9.17) is 9.52 Å². The maximum Gasteiger partial charge on any atom is 0.255 e. The molecule has 0 aliphatic rings. The second kappa shape index (κ2) is 6.61. The molecule has 2 heterocycles. The highest BCUT2D eigenvalue weighted by Gasteiger charge is 2.18. The van der Waals surface area contributed by atoms with E-state index in [0.717, 1.165) is 21.8 Å². The molecule has 2 aromatic rings. The number of aliphatic hydroxyl groups is 1. The molecule has 0 fully saturated rings. The van der Waals surface area contributed by atoms with E-state index in [1.165, 1.54) is 11.3 Å². The predicted molar refractivity (Wildman–Crippen MR) is 82.4 cm³/mol. The van der Waals surface area contributed by atoms with Gasteiger partial charge in [-0.15, -0.1) is 11.3 Å². The molecule has 21 heavy (non-hydrogen) atoms. The molecule has 0 unspecified atom stereocenters. The van der Waals surface area contributed by atoms with Gasteiger partial charge in [0.05, 0.1) is 12.1 Å². The largest absolute Gasteiger partial charge is 0.466 e. The van der Waals surface area contributed by atoms with Crippen molar-refractivity contribution in [1.29, 1.82) is 0 Å². The van der Waals surface area contributed by atoms with E-state index < -0.39 is 0 Å². The fraction of sp³-hybridized carbons (Fsp3) is 0.312. The molecule has 0 saturated heterocycles. The van der Waals surface area contributed by atoms with Crippen LogP contribution in [0.1, 0.15) is 37.9 Å². The first kappa shape index (κ1) is 15.4. The Hall–Kier alpha value is -2.03. The molecule has 0 aliphatic carbocycles. The molecule has 0 radical (unpaired) electrons. The van der Waals surface area contributed by atoms with Crippen LogP contribution < -0.4 is 5.32 Å². The summed E-state index contributed by atoms with van der Waals surface area (Å²) in [5.74, 6) is 6.75. The van der Waals surface area contributed by atoms with Gasteiger partial charge in [-0.05, 0) is 32.2 Å². The maximum absolute atomic E-state index is 12.3. The Morgan fingerprint density at radius 1 is 1.38 bits per heavy atom.